The van der Waals surface area contributed by atoms with Crippen molar-refractivity contribution >= 4 is 33.3 Å². The average molecular weight is 310 g/mol. The number of carbonyl (C=O) groups excluding carboxylic acids is 1. The van der Waals surface area contributed by atoms with E-state index in [0.29, 0.717) is 10.6 Å². The molecule has 2 aromatic carbocycles. The molecule has 86 valence electrons. The van der Waals surface area contributed by atoms with Crippen molar-refractivity contribution in [3.8, 4) is 0 Å². The van der Waals surface area contributed by atoms with E-state index in [1.54, 1.807) is 12.1 Å². The molecule has 3 heteroatoms. The van der Waals surface area contributed by atoms with Crippen molar-refractivity contribution in [2.24, 2.45) is 0 Å². The van der Waals surface area contributed by atoms with E-state index in [-0.39, 0.29) is 10.6 Å². The van der Waals surface area contributed by atoms with E-state index < -0.39 is 0 Å². The lowest BCUT2D eigenvalue weighted by Gasteiger charge is -2.09. The van der Waals surface area contributed by atoms with Gasteiger partial charge in [-0.15, -0.1) is 0 Å². The second kappa shape index (κ2) is 5.48. The van der Waals surface area contributed by atoms with Gasteiger partial charge in [0, 0.05) is 10.6 Å². The van der Waals surface area contributed by atoms with Gasteiger partial charge in [0.25, 0.3) is 0 Å². The first kappa shape index (κ1) is 12.3. The molecule has 1 nitrogen and oxygen atoms in total. The summed E-state index contributed by atoms with van der Waals surface area (Å²) in [5.41, 5.74) is 1.60. The first-order valence-electron chi connectivity index (χ1n) is 5.17. The largest absolute Gasteiger partial charge is 0.293 e. The minimum absolute atomic E-state index is 0.0490. The van der Waals surface area contributed by atoms with Gasteiger partial charge in [0.2, 0.25) is 0 Å². The van der Waals surface area contributed by atoms with E-state index in [1.807, 2.05) is 42.5 Å². The van der Waals surface area contributed by atoms with E-state index in [1.165, 1.54) is 0 Å². The lowest BCUT2D eigenvalue weighted by atomic mass is 10.0. The molecule has 17 heavy (non-hydrogen) atoms. The summed E-state index contributed by atoms with van der Waals surface area (Å²) in [6.07, 6.45) is 0. The Labute approximate surface area is 114 Å². The zero-order valence-corrected chi connectivity index (χ0v) is 11.3. The summed E-state index contributed by atoms with van der Waals surface area (Å²) in [5, 5.41) is 0.667. The zero-order chi connectivity index (χ0) is 12.3. The fourth-order valence-corrected chi connectivity index (χ4v) is 2.23. The van der Waals surface area contributed by atoms with Crippen LogP contribution in [0.15, 0.2) is 54.6 Å². The van der Waals surface area contributed by atoms with Crippen LogP contribution in [0.5, 0.6) is 0 Å². The van der Waals surface area contributed by atoms with Gasteiger partial charge in [-0.3, -0.25) is 4.79 Å². The molecule has 0 aliphatic heterocycles. The van der Waals surface area contributed by atoms with Crippen LogP contribution in [0.25, 0.3) is 0 Å². The van der Waals surface area contributed by atoms with E-state index in [2.05, 4.69) is 15.9 Å². The van der Waals surface area contributed by atoms with Crippen LogP contribution in [0.3, 0.4) is 0 Å². The number of carbonyl (C=O) groups is 1. The minimum Gasteiger partial charge on any atom is -0.293 e. The molecule has 0 spiro atoms. The minimum atomic E-state index is -0.331. The second-order valence-electron chi connectivity index (χ2n) is 3.64. The Morgan fingerprint density at radius 1 is 1.00 bits per heavy atom. The van der Waals surface area contributed by atoms with Crippen LogP contribution < -0.4 is 0 Å². The number of alkyl halides is 1. The Morgan fingerprint density at radius 2 is 1.59 bits per heavy atom. The smallest absolute Gasteiger partial charge is 0.180 e. The molecule has 2 rings (SSSR count). The van der Waals surface area contributed by atoms with Crippen molar-refractivity contribution in [2.75, 3.05) is 0 Å². The predicted octanol–water partition coefficient (Wildman–Crippen LogP) is 4.66. The number of hydrogen-bond acceptors (Lipinski definition) is 1. The van der Waals surface area contributed by atoms with Crippen molar-refractivity contribution < 1.29 is 4.79 Å². The molecule has 0 heterocycles. The summed E-state index contributed by atoms with van der Waals surface area (Å²) in [5.74, 6) is 0.0490. The topological polar surface area (TPSA) is 17.1 Å². The van der Waals surface area contributed by atoms with Gasteiger partial charge in [-0.05, 0) is 17.7 Å². The van der Waals surface area contributed by atoms with Crippen molar-refractivity contribution in [1.82, 2.24) is 0 Å². The number of rotatable bonds is 3. The Kier molecular flexibility index (Phi) is 3.97. The number of hydrogen-bond donors (Lipinski definition) is 0. The molecular weight excluding hydrogens is 300 g/mol. The summed E-state index contributed by atoms with van der Waals surface area (Å²) < 4.78 is 0. The van der Waals surface area contributed by atoms with Gasteiger partial charge in [0.05, 0.1) is 0 Å². The molecule has 0 saturated heterocycles. The van der Waals surface area contributed by atoms with Crippen LogP contribution in [0, 0.1) is 0 Å². The first-order valence-corrected chi connectivity index (χ1v) is 6.46. The van der Waals surface area contributed by atoms with E-state index in [0.717, 1.165) is 5.56 Å². The summed E-state index contributed by atoms with van der Waals surface area (Å²) in [6.45, 7) is 0. The number of halogens is 2. The van der Waals surface area contributed by atoms with Gasteiger partial charge in [-0.25, -0.2) is 0 Å². The van der Waals surface area contributed by atoms with Crippen molar-refractivity contribution in [2.45, 2.75) is 4.83 Å². The molecule has 0 bridgehead atoms. The van der Waals surface area contributed by atoms with Gasteiger partial charge < -0.3 is 0 Å². The quantitative estimate of drug-likeness (QED) is 0.595. The molecule has 0 aromatic heterocycles. The molecule has 0 amide bonds. The number of Topliss-reactive ketones (excluding diaryl/α,β-unsaturated/α-hetero) is 1. The summed E-state index contributed by atoms with van der Waals surface area (Å²) >= 11 is 9.23. The maximum absolute atomic E-state index is 12.2. The van der Waals surface area contributed by atoms with Crippen LogP contribution in [-0.4, -0.2) is 5.78 Å². The van der Waals surface area contributed by atoms with Gasteiger partial charge in [0.15, 0.2) is 5.78 Å². The highest BCUT2D eigenvalue weighted by atomic mass is 79.9. The highest BCUT2D eigenvalue weighted by molar-refractivity contribution is 9.09. The Morgan fingerprint density at radius 3 is 2.18 bits per heavy atom. The molecule has 0 saturated carbocycles. The van der Waals surface area contributed by atoms with Crippen LogP contribution >= 0.6 is 27.5 Å². The third-order valence-electron chi connectivity index (χ3n) is 2.45. The molecular formula is C14H10BrClO. The SMILES string of the molecule is O=C(c1ccccc1)C(Br)c1ccc(Cl)cc1. The normalized spacial score (nSPS) is 12.1. The monoisotopic (exact) mass is 308 g/mol. The van der Waals surface area contributed by atoms with E-state index in [4.69, 9.17) is 11.6 Å². The highest BCUT2D eigenvalue weighted by Gasteiger charge is 2.18. The molecule has 0 radical (unpaired) electrons. The third-order valence-corrected chi connectivity index (χ3v) is 3.65. The zero-order valence-electron chi connectivity index (χ0n) is 8.94. The molecule has 2 aromatic rings. The molecule has 1 atom stereocenters. The Hall–Kier alpha value is -1.12. The Bertz CT molecular complexity index is 508. The van der Waals surface area contributed by atoms with Gasteiger partial charge in [-0.1, -0.05) is 70.0 Å². The average Bonchev–Trinajstić information content (AvgIpc) is 2.39. The van der Waals surface area contributed by atoms with Gasteiger partial charge in [-0.2, -0.15) is 0 Å². The lowest BCUT2D eigenvalue weighted by molar-refractivity contribution is 0.0991. The van der Waals surface area contributed by atoms with Gasteiger partial charge >= 0.3 is 0 Å². The standard InChI is InChI=1S/C14H10BrClO/c15-13(10-6-8-12(16)9-7-10)14(17)11-4-2-1-3-5-11/h1-9,13H. The highest BCUT2D eigenvalue weighted by Crippen LogP contribution is 2.27. The first-order chi connectivity index (χ1) is 8.18. The Balaban J connectivity index is 2.23. The summed E-state index contributed by atoms with van der Waals surface area (Å²) in [6, 6.07) is 16.5. The molecule has 0 aliphatic carbocycles. The van der Waals surface area contributed by atoms with E-state index >= 15 is 0 Å². The van der Waals surface area contributed by atoms with Crippen LogP contribution in [0.2, 0.25) is 5.02 Å². The molecule has 0 aliphatic rings. The number of benzene rings is 2. The predicted molar refractivity (Wildman–Crippen MR) is 73.9 cm³/mol. The maximum atomic E-state index is 12.2. The lowest BCUT2D eigenvalue weighted by Crippen LogP contribution is -2.06. The molecule has 1 unspecified atom stereocenters. The molecule has 0 fully saturated rings. The van der Waals surface area contributed by atoms with E-state index in [9.17, 15) is 4.79 Å². The number of ketones is 1. The second-order valence-corrected chi connectivity index (χ2v) is 5.00. The third kappa shape index (κ3) is 2.96. The van der Waals surface area contributed by atoms with Crippen molar-refractivity contribution in [3.05, 3.63) is 70.7 Å². The maximum Gasteiger partial charge on any atom is 0.180 e. The fourth-order valence-electron chi connectivity index (χ4n) is 1.53. The van der Waals surface area contributed by atoms with Crippen molar-refractivity contribution in [3.63, 3.8) is 0 Å². The molecule has 0 N–H and O–H groups in total. The van der Waals surface area contributed by atoms with Crippen LogP contribution in [-0.2, 0) is 0 Å². The van der Waals surface area contributed by atoms with Crippen molar-refractivity contribution in [1.29, 1.82) is 0 Å². The van der Waals surface area contributed by atoms with Gasteiger partial charge in [0.1, 0.15) is 4.83 Å². The fraction of sp³-hybridized carbons (Fsp3) is 0.0714. The summed E-state index contributed by atoms with van der Waals surface area (Å²) in [4.78, 5) is 11.8. The summed E-state index contributed by atoms with van der Waals surface area (Å²) in [7, 11) is 0. The van der Waals surface area contributed by atoms with Crippen LogP contribution in [0.4, 0.5) is 0 Å². The van der Waals surface area contributed by atoms with Crippen LogP contribution in [0.1, 0.15) is 20.7 Å².